The Morgan fingerprint density at radius 3 is 2.17 bits per heavy atom. The van der Waals surface area contributed by atoms with Crippen molar-refractivity contribution in [3.05, 3.63) is 53.6 Å². The number of carbonyl (C=O) groups is 2. The molecule has 1 amide bonds. The minimum atomic E-state index is -5.08. The molecule has 0 radical (unpaired) electrons. The molecule has 2 aromatic rings. The predicted octanol–water partition coefficient (Wildman–Crippen LogP) is 4.35. The molecular formula is C27H37F3N4O5S. The second-order valence-electron chi connectivity index (χ2n) is 9.35. The summed E-state index contributed by atoms with van der Waals surface area (Å²) in [4.78, 5) is 26.3. The first-order valence-electron chi connectivity index (χ1n) is 13.1. The first kappa shape index (κ1) is 32.9. The Hall–Kier alpha value is -3.32. The molecule has 0 unspecified atom stereocenters. The highest BCUT2D eigenvalue weighted by Crippen LogP contribution is 2.28. The van der Waals surface area contributed by atoms with Crippen molar-refractivity contribution in [3.63, 3.8) is 0 Å². The topological polar surface area (TPSA) is 119 Å². The molecular weight excluding hydrogens is 549 g/mol. The van der Waals surface area contributed by atoms with Crippen molar-refractivity contribution in [2.75, 3.05) is 49.4 Å². The van der Waals surface area contributed by atoms with Gasteiger partial charge >= 0.3 is 12.1 Å². The van der Waals surface area contributed by atoms with E-state index in [-0.39, 0.29) is 10.8 Å². The number of aliphatic carboxylic acids is 1. The summed E-state index contributed by atoms with van der Waals surface area (Å²) in [5, 5.41) is 10.5. The number of hydrogen-bond donors (Lipinski definition) is 3. The molecule has 0 atom stereocenters. The zero-order valence-corrected chi connectivity index (χ0v) is 23.7. The van der Waals surface area contributed by atoms with Crippen LogP contribution in [0.15, 0.2) is 47.4 Å². The van der Waals surface area contributed by atoms with Gasteiger partial charge in [0.1, 0.15) is 0 Å². The number of unbranched alkanes of at least 4 members (excludes halogenated alkanes) is 1. The number of piperazine rings is 1. The fourth-order valence-corrected chi connectivity index (χ4v) is 5.04. The number of halogens is 3. The fourth-order valence-electron chi connectivity index (χ4n) is 3.99. The minimum Gasteiger partial charge on any atom is -0.475 e. The van der Waals surface area contributed by atoms with E-state index in [1.54, 1.807) is 36.2 Å². The molecule has 222 valence electrons. The van der Waals surface area contributed by atoms with E-state index in [1.165, 1.54) is 0 Å². The van der Waals surface area contributed by atoms with Crippen LogP contribution < -0.4 is 14.9 Å². The van der Waals surface area contributed by atoms with Crippen molar-refractivity contribution >= 4 is 33.3 Å². The Bertz CT molecular complexity index is 1230. The number of sulfonamides is 1. The maximum atomic E-state index is 13.3. The normalized spacial score (nSPS) is 13.7. The molecule has 40 heavy (non-hydrogen) atoms. The molecule has 3 rings (SSSR count). The molecule has 3 N–H and O–H groups in total. The van der Waals surface area contributed by atoms with Gasteiger partial charge in [0.15, 0.2) is 0 Å². The number of carboxylic acids is 1. The van der Waals surface area contributed by atoms with Crippen molar-refractivity contribution < 1.29 is 36.3 Å². The number of amides is 1. The molecule has 0 aliphatic carbocycles. The van der Waals surface area contributed by atoms with E-state index in [1.807, 2.05) is 18.2 Å². The number of alkyl halides is 3. The molecule has 1 saturated heterocycles. The van der Waals surface area contributed by atoms with Gasteiger partial charge in [-0.2, -0.15) is 13.2 Å². The van der Waals surface area contributed by atoms with Crippen molar-refractivity contribution in [1.29, 1.82) is 0 Å². The lowest BCUT2D eigenvalue weighted by Gasteiger charge is -2.32. The van der Waals surface area contributed by atoms with Gasteiger partial charge in [-0.1, -0.05) is 38.8 Å². The average Bonchev–Trinajstić information content (AvgIpc) is 2.92. The van der Waals surface area contributed by atoms with Crippen LogP contribution in [0.4, 0.5) is 24.5 Å². The number of hydrogen-bond acceptors (Lipinski definition) is 6. The SMILES string of the molecule is CCCCN(C)C(=O)c1cc(NS(=O)(=O)c2ccc(CCC)cc2)ccc1N1CCNCC1.O=C(O)C(F)(F)F. The molecule has 1 aliphatic rings. The average molecular weight is 587 g/mol. The first-order valence-corrected chi connectivity index (χ1v) is 14.6. The third kappa shape index (κ3) is 9.70. The molecule has 0 saturated carbocycles. The van der Waals surface area contributed by atoms with Crippen LogP contribution in [-0.2, 0) is 21.2 Å². The van der Waals surface area contributed by atoms with E-state index in [9.17, 15) is 26.4 Å². The molecule has 1 heterocycles. The Balaban J connectivity index is 0.000000708. The van der Waals surface area contributed by atoms with Gasteiger partial charge in [0.05, 0.1) is 10.5 Å². The van der Waals surface area contributed by atoms with Crippen molar-refractivity contribution in [2.45, 2.75) is 50.6 Å². The van der Waals surface area contributed by atoms with Crippen molar-refractivity contribution in [2.24, 2.45) is 0 Å². The number of aryl methyl sites for hydroxylation is 1. The Morgan fingerprint density at radius 2 is 1.65 bits per heavy atom. The molecule has 2 aromatic carbocycles. The van der Waals surface area contributed by atoms with Gasteiger partial charge in [-0.05, 0) is 48.7 Å². The number of nitrogens with zero attached hydrogens (tertiary/aromatic N) is 2. The van der Waals surface area contributed by atoms with Gasteiger partial charge in [0.25, 0.3) is 15.9 Å². The molecule has 13 heteroatoms. The maximum absolute atomic E-state index is 13.3. The number of carbonyl (C=O) groups excluding carboxylic acids is 1. The van der Waals surface area contributed by atoms with Gasteiger partial charge in [0.2, 0.25) is 0 Å². The van der Waals surface area contributed by atoms with Crippen LogP contribution in [0.3, 0.4) is 0 Å². The maximum Gasteiger partial charge on any atom is 0.490 e. The van der Waals surface area contributed by atoms with Crippen LogP contribution in [0.5, 0.6) is 0 Å². The van der Waals surface area contributed by atoms with Gasteiger partial charge in [0, 0.05) is 51.1 Å². The predicted molar refractivity (Wildman–Crippen MR) is 148 cm³/mol. The summed E-state index contributed by atoms with van der Waals surface area (Å²) in [6, 6.07) is 12.2. The molecule has 0 bridgehead atoms. The number of benzene rings is 2. The highest BCUT2D eigenvalue weighted by Gasteiger charge is 2.38. The van der Waals surface area contributed by atoms with Gasteiger partial charge < -0.3 is 20.2 Å². The van der Waals surface area contributed by atoms with E-state index in [0.717, 1.165) is 63.1 Å². The lowest BCUT2D eigenvalue weighted by atomic mass is 10.1. The van der Waals surface area contributed by atoms with Gasteiger partial charge in [-0.15, -0.1) is 0 Å². The summed E-state index contributed by atoms with van der Waals surface area (Å²) >= 11 is 0. The third-order valence-corrected chi connectivity index (χ3v) is 7.54. The summed E-state index contributed by atoms with van der Waals surface area (Å²) in [6.07, 6.45) is -1.24. The minimum absolute atomic E-state index is 0.0954. The second-order valence-corrected chi connectivity index (χ2v) is 11.0. The van der Waals surface area contributed by atoms with Gasteiger partial charge in [-0.3, -0.25) is 9.52 Å². The Kier molecular flexibility index (Phi) is 12.2. The van der Waals surface area contributed by atoms with Crippen LogP contribution in [0.2, 0.25) is 0 Å². The van der Waals surface area contributed by atoms with Crippen LogP contribution in [0.1, 0.15) is 49.0 Å². The summed E-state index contributed by atoms with van der Waals surface area (Å²) in [7, 11) is -1.96. The second kappa shape index (κ2) is 14.9. The molecule has 0 spiro atoms. The number of anilines is 2. The lowest BCUT2D eigenvalue weighted by Crippen LogP contribution is -2.44. The van der Waals surface area contributed by atoms with Crippen LogP contribution in [-0.4, -0.2) is 76.2 Å². The highest BCUT2D eigenvalue weighted by molar-refractivity contribution is 7.92. The van der Waals surface area contributed by atoms with Crippen LogP contribution >= 0.6 is 0 Å². The summed E-state index contributed by atoms with van der Waals surface area (Å²) in [5.41, 5.74) is 2.87. The fraction of sp³-hybridized carbons (Fsp3) is 0.481. The van der Waals surface area contributed by atoms with E-state index in [4.69, 9.17) is 9.90 Å². The van der Waals surface area contributed by atoms with E-state index >= 15 is 0 Å². The number of nitrogens with one attached hydrogen (secondary N) is 2. The smallest absolute Gasteiger partial charge is 0.475 e. The van der Waals surface area contributed by atoms with Crippen LogP contribution in [0.25, 0.3) is 0 Å². The summed E-state index contributed by atoms with van der Waals surface area (Å²) in [5.74, 6) is -2.85. The van der Waals surface area contributed by atoms with Crippen LogP contribution in [0, 0.1) is 0 Å². The Labute approximate surface area is 233 Å². The molecule has 1 aliphatic heterocycles. The van der Waals surface area contributed by atoms with Crippen molar-refractivity contribution in [3.8, 4) is 0 Å². The molecule has 1 fully saturated rings. The van der Waals surface area contributed by atoms with E-state index in [0.29, 0.717) is 17.8 Å². The Morgan fingerprint density at radius 1 is 1.05 bits per heavy atom. The zero-order valence-electron chi connectivity index (χ0n) is 22.9. The van der Waals surface area contributed by atoms with Crippen molar-refractivity contribution in [1.82, 2.24) is 10.2 Å². The quantitative estimate of drug-likeness (QED) is 0.379. The zero-order chi connectivity index (χ0) is 29.9. The number of carboxylic acid groups (broad SMARTS) is 1. The molecule has 0 aromatic heterocycles. The standard InChI is InChI=1S/C25H36N4O3S.C2HF3O2/c1-4-6-16-28(3)25(30)23-19-21(10-13-24(23)29-17-14-26-15-18-29)27-33(31,32)22-11-8-20(7-5-2)9-12-22;3-2(4,5)1(6)7/h8-13,19,26-27H,4-7,14-18H2,1-3H3;(H,6,7). The summed E-state index contributed by atoms with van der Waals surface area (Å²) in [6.45, 7) is 8.14. The van der Waals surface area contributed by atoms with E-state index < -0.39 is 22.2 Å². The van der Waals surface area contributed by atoms with E-state index in [2.05, 4.69) is 28.8 Å². The van der Waals surface area contributed by atoms with Gasteiger partial charge in [-0.25, -0.2) is 13.2 Å². The summed E-state index contributed by atoms with van der Waals surface area (Å²) < 4.78 is 60.4. The molecule has 9 nitrogen and oxygen atoms in total. The highest BCUT2D eigenvalue weighted by atomic mass is 32.2. The lowest BCUT2D eigenvalue weighted by molar-refractivity contribution is -0.192. The first-order chi connectivity index (χ1) is 18.8. The number of rotatable bonds is 10. The monoisotopic (exact) mass is 586 g/mol. The largest absolute Gasteiger partial charge is 0.490 e. The third-order valence-electron chi connectivity index (χ3n) is 6.15.